The van der Waals surface area contributed by atoms with Crippen molar-refractivity contribution >= 4 is 11.0 Å². The number of benzene rings is 2. The van der Waals surface area contributed by atoms with E-state index in [-0.39, 0.29) is 0 Å². The van der Waals surface area contributed by atoms with Crippen molar-refractivity contribution in [2.24, 2.45) is 0 Å². The molecule has 8 heteroatoms. The third-order valence-electron chi connectivity index (χ3n) is 4.92. The van der Waals surface area contributed by atoms with Gasteiger partial charge in [0, 0.05) is 17.0 Å². The first-order valence-corrected chi connectivity index (χ1v) is 9.03. The van der Waals surface area contributed by atoms with Crippen LogP contribution in [-0.2, 0) is 6.54 Å². The molecule has 8 nitrogen and oxygen atoms in total. The van der Waals surface area contributed by atoms with Crippen molar-refractivity contribution in [3.05, 3.63) is 63.5 Å². The van der Waals surface area contributed by atoms with E-state index in [0.717, 1.165) is 27.6 Å². The number of ether oxygens (including phenoxy) is 2. The lowest BCUT2D eigenvalue weighted by Gasteiger charge is -2.08. The summed E-state index contributed by atoms with van der Waals surface area (Å²) in [4.78, 5) is 13.5. The van der Waals surface area contributed by atoms with Gasteiger partial charge in [-0.3, -0.25) is 0 Å². The summed E-state index contributed by atoms with van der Waals surface area (Å²) in [5, 5.41) is 13.6. The third kappa shape index (κ3) is 3.44. The third-order valence-corrected chi connectivity index (χ3v) is 4.92. The lowest BCUT2D eigenvalue weighted by molar-refractivity contribution is 0.355. The zero-order chi connectivity index (χ0) is 20.5. The van der Waals surface area contributed by atoms with Crippen molar-refractivity contribution in [2.45, 2.75) is 20.4 Å². The Hall–Kier alpha value is -3.68. The maximum atomic E-state index is 12.1. The average molecular weight is 392 g/mol. The molecule has 0 saturated carbocycles. The molecule has 0 N–H and O–H groups in total. The molecule has 0 amide bonds. The molecule has 0 unspecified atom stereocenters. The minimum Gasteiger partial charge on any atom is -0.493 e. The van der Waals surface area contributed by atoms with Gasteiger partial charge in [-0.05, 0) is 54.0 Å². The van der Waals surface area contributed by atoms with Crippen molar-refractivity contribution < 1.29 is 13.9 Å². The van der Waals surface area contributed by atoms with Crippen LogP contribution in [0.4, 0.5) is 0 Å². The van der Waals surface area contributed by atoms with Crippen molar-refractivity contribution in [3.63, 3.8) is 0 Å². The maximum absolute atomic E-state index is 12.1. The van der Waals surface area contributed by atoms with Crippen LogP contribution in [-0.4, -0.2) is 34.4 Å². The predicted molar refractivity (Wildman–Crippen MR) is 107 cm³/mol. The zero-order valence-corrected chi connectivity index (χ0v) is 16.6. The van der Waals surface area contributed by atoms with Crippen LogP contribution in [0.3, 0.4) is 0 Å². The number of fused-ring (bicyclic) bond motifs is 1. The normalized spacial score (nSPS) is 11.0. The van der Waals surface area contributed by atoms with Crippen LogP contribution in [0.25, 0.3) is 22.4 Å². The summed E-state index contributed by atoms with van der Waals surface area (Å²) in [6.45, 7) is 4.22. The van der Waals surface area contributed by atoms with Gasteiger partial charge in [0.2, 0.25) is 5.82 Å². The molecule has 29 heavy (non-hydrogen) atoms. The number of tetrazole rings is 1. The highest BCUT2D eigenvalue weighted by atomic mass is 16.5. The molecular weight excluding hydrogens is 372 g/mol. The summed E-state index contributed by atoms with van der Waals surface area (Å²) in [5.74, 6) is 1.65. The highest BCUT2D eigenvalue weighted by Crippen LogP contribution is 2.31. The quantitative estimate of drug-likeness (QED) is 0.482. The molecule has 0 aliphatic rings. The number of aromatic nitrogens is 4. The Morgan fingerprint density at radius 2 is 1.83 bits per heavy atom. The Morgan fingerprint density at radius 3 is 2.59 bits per heavy atom. The van der Waals surface area contributed by atoms with Crippen molar-refractivity contribution in [3.8, 4) is 22.9 Å². The summed E-state index contributed by atoms with van der Waals surface area (Å²) >= 11 is 0. The van der Waals surface area contributed by atoms with E-state index in [4.69, 9.17) is 13.9 Å². The van der Waals surface area contributed by atoms with E-state index in [1.807, 2.05) is 32.0 Å². The molecule has 0 saturated heterocycles. The van der Waals surface area contributed by atoms with Crippen LogP contribution < -0.4 is 15.1 Å². The largest absolute Gasteiger partial charge is 0.493 e. The van der Waals surface area contributed by atoms with Gasteiger partial charge in [-0.2, -0.15) is 4.80 Å². The molecule has 0 fully saturated rings. The first kappa shape index (κ1) is 18.7. The fraction of sp³-hybridized carbons (Fsp3) is 0.238. The van der Waals surface area contributed by atoms with Crippen LogP contribution >= 0.6 is 0 Å². The summed E-state index contributed by atoms with van der Waals surface area (Å²) in [5.41, 5.74) is 3.72. The molecule has 0 spiro atoms. The number of rotatable bonds is 5. The number of hydrogen-bond acceptors (Lipinski definition) is 7. The standard InChI is InChI=1S/C21H20N4O4/c1-12-5-7-16-15(10-19(26)29-20(16)13(12)2)11-25-23-21(22-24-25)14-6-8-17(27-3)18(9-14)28-4/h5-10H,11H2,1-4H3. The molecule has 2 heterocycles. The van der Waals surface area contributed by atoms with Gasteiger partial charge in [0.1, 0.15) is 5.58 Å². The summed E-state index contributed by atoms with van der Waals surface area (Å²) < 4.78 is 16.0. The summed E-state index contributed by atoms with van der Waals surface area (Å²) in [6, 6.07) is 10.8. The van der Waals surface area contributed by atoms with E-state index in [0.29, 0.717) is 29.5 Å². The van der Waals surface area contributed by atoms with Gasteiger partial charge >= 0.3 is 5.63 Å². The second-order valence-corrected chi connectivity index (χ2v) is 6.69. The minimum atomic E-state index is -0.401. The second-order valence-electron chi connectivity index (χ2n) is 6.69. The molecule has 0 aliphatic carbocycles. The van der Waals surface area contributed by atoms with E-state index >= 15 is 0 Å². The number of nitrogens with zero attached hydrogens (tertiary/aromatic N) is 4. The summed E-state index contributed by atoms with van der Waals surface area (Å²) in [6.07, 6.45) is 0. The van der Waals surface area contributed by atoms with Gasteiger partial charge in [-0.1, -0.05) is 12.1 Å². The Labute approximate surface area is 166 Å². The number of hydrogen-bond donors (Lipinski definition) is 0. The van der Waals surface area contributed by atoms with Crippen LogP contribution in [0, 0.1) is 13.8 Å². The molecule has 148 valence electrons. The molecule has 0 bridgehead atoms. The first-order chi connectivity index (χ1) is 14.0. The lowest BCUT2D eigenvalue weighted by Crippen LogP contribution is -2.09. The van der Waals surface area contributed by atoms with Crippen molar-refractivity contribution in [1.29, 1.82) is 0 Å². The van der Waals surface area contributed by atoms with Gasteiger partial charge in [0.15, 0.2) is 11.5 Å². The minimum absolute atomic E-state index is 0.297. The van der Waals surface area contributed by atoms with Crippen LogP contribution in [0.2, 0.25) is 0 Å². The molecular formula is C21H20N4O4. The predicted octanol–water partition coefficient (Wildman–Crippen LogP) is 3.13. The van der Waals surface area contributed by atoms with Gasteiger partial charge < -0.3 is 13.9 Å². The molecule has 0 radical (unpaired) electrons. The van der Waals surface area contributed by atoms with E-state index < -0.39 is 5.63 Å². The smallest absolute Gasteiger partial charge is 0.336 e. The molecule has 0 atom stereocenters. The van der Waals surface area contributed by atoms with E-state index in [2.05, 4.69) is 15.4 Å². The Balaban J connectivity index is 1.70. The van der Waals surface area contributed by atoms with E-state index in [9.17, 15) is 4.79 Å². The zero-order valence-electron chi connectivity index (χ0n) is 16.6. The first-order valence-electron chi connectivity index (χ1n) is 9.03. The topological polar surface area (TPSA) is 92.3 Å². The van der Waals surface area contributed by atoms with Gasteiger partial charge in [-0.25, -0.2) is 4.79 Å². The highest BCUT2D eigenvalue weighted by molar-refractivity contribution is 5.83. The van der Waals surface area contributed by atoms with Gasteiger partial charge in [0.05, 0.1) is 20.8 Å². The molecule has 2 aromatic carbocycles. The van der Waals surface area contributed by atoms with Crippen molar-refractivity contribution in [1.82, 2.24) is 20.2 Å². The van der Waals surface area contributed by atoms with Crippen LogP contribution in [0.5, 0.6) is 11.5 Å². The van der Waals surface area contributed by atoms with Crippen LogP contribution in [0.15, 0.2) is 45.6 Å². The highest BCUT2D eigenvalue weighted by Gasteiger charge is 2.14. The number of aryl methyl sites for hydroxylation is 2. The fourth-order valence-electron chi connectivity index (χ4n) is 3.21. The van der Waals surface area contributed by atoms with Crippen LogP contribution in [0.1, 0.15) is 16.7 Å². The molecule has 2 aromatic heterocycles. The second kappa shape index (κ2) is 7.38. The number of methoxy groups -OCH3 is 2. The monoisotopic (exact) mass is 392 g/mol. The summed E-state index contributed by atoms with van der Waals surface area (Å²) in [7, 11) is 3.15. The van der Waals surface area contributed by atoms with E-state index in [1.165, 1.54) is 10.9 Å². The Bertz CT molecular complexity index is 1260. The lowest BCUT2D eigenvalue weighted by atomic mass is 10.0. The Kier molecular flexibility index (Phi) is 4.75. The van der Waals surface area contributed by atoms with Gasteiger partial charge in [-0.15, -0.1) is 10.2 Å². The molecule has 4 aromatic rings. The average Bonchev–Trinajstić information content (AvgIpc) is 3.19. The SMILES string of the molecule is COc1ccc(-c2nnn(Cc3cc(=O)oc4c(C)c(C)ccc34)n2)cc1OC. The molecule has 0 aliphatic heterocycles. The van der Waals surface area contributed by atoms with Gasteiger partial charge in [0.25, 0.3) is 0 Å². The van der Waals surface area contributed by atoms with Crippen molar-refractivity contribution in [2.75, 3.05) is 14.2 Å². The maximum Gasteiger partial charge on any atom is 0.336 e. The van der Waals surface area contributed by atoms with E-state index in [1.54, 1.807) is 26.4 Å². The fourth-order valence-corrected chi connectivity index (χ4v) is 3.21. The molecule has 4 rings (SSSR count). The Morgan fingerprint density at radius 1 is 1.03 bits per heavy atom.